The second-order valence-electron chi connectivity index (χ2n) is 3.82. The van der Waals surface area contributed by atoms with Crippen molar-refractivity contribution in [3.8, 4) is 0 Å². The first kappa shape index (κ1) is 10.9. The van der Waals surface area contributed by atoms with Crippen LogP contribution in [0.3, 0.4) is 0 Å². The average molecular weight is 276 g/mol. The molecule has 1 aliphatic heterocycles. The largest absolute Gasteiger partial charge is 0.369 e. The van der Waals surface area contributed by atoms with Gasteiger partial charge in [0.1, 0.15) is 5.82 Å². The van der Waals surface area contributed by atoms with Gasteiger partial charge in [0, 0.05) is 18.7 Å². The summed E-state index contributed by atoms with van der Waals surface area (Å²) in [6, 6.07) is 1.53. The number of benzene rings is 1. The van der Waals surface area contributed by atoms with Crippen molar-refractivity contribution in [2.24, 2.45) is 0 Å². The summed E-state index contributed by atoms with van der Waals surface area (Å²) in [5.74, 6) is -0.937. The van der Waals surface area contributed by atoms with Gasteiger partial charge in [0.05, 0.1) is 10.2 Å². The lowest BCUT2D eigenvalue weighted by Crippen LogP contribution is -2.19. The summed E-state index contributed by atoms with van der Waals surface area (Å²) < 4.78 is 27.5. The molecule has 0 saturated carbocycles. The lowest BCUT2D eigenvalue weighted by atomic mass is 10.2. The van der Waals surface area contributed by atoms with E-state index in [0.29, 0.717) is 10.2 Å². The maximum Gasteiger partial charge on any atom is 0.152 e. The molecule has 0 bridgehead atoms. The van der Waals surface area contributed by atoms with E-state index in [1.165, 1.54) is 13.0 Å². The van der Waals surface area contributed by atoms with E-state index in [4.69, 9.17) is 0 Å². The van der Waals surface area contributed by atoms with E-state index in [2.05, 4.69) is 15.9 Å². The van der Waals surface area contributed by atoms with Crippen molar-refractivity contribution < 1.29 is 8.78 Å². The summed E-state index contributed by atoms with van der Waals surface area (Å²) in [5, 5.41) is 0. The Balaban J connectivity index is 2.47. The first-order valence-corrected chi connectivity index (χ1v) is 5.79. The van der Waals surface area contributed by atoms with Gasteiger partial charge in [0.25, 0.3) is 0 Å². The molecule has 82 valence electrons. The summed E-state index contributed by atoms with van der Waals surface area (Å²) in [6.07, 6.45) is 2.15. The summed E-state index contributed by atoms with van der Waals surface area (Å²) in [7, 11) is 0. The molecule has 0 spiro atoms. The summed E-state index contributed by atoms with van der Waals surface area (Å²) in [6.45, 7) is 3.18. The fraction of sp³-hybridized carbons (Fsp3) is 0.455. The molecule has 15 heavy (non-hydrogen) atoms. The first-order chi connectivity index (χ1) is 7.11. The molecule has 1 heterocycles. The molecule has 0 amide bonds. The molecule has 2 rings (SSSR count). The van der Waals surface area contributed by atoms with Crippen LogP contribution in [0.2, 0.25) is 0 Å². The molecule has 0 aliphatic carbocycles. The third kappa shape index (κ3) is 1.87. The fourth-order valence-corrected chi connectivity index (χ4v) is 2.42. The Bertz CT molecular complexity index is 387. The Morgan fingerprint density at radius 1 is 1.20 bits per heavy atom. The molecule has 0 radical (unpaired) electrons. The second-order valence-corrected chi connectivity index (χ2v) is 4.68. The molecule has 0 atom stereocenters. The van der Waals surface area contributed by atoms with Gasteiger partial charge in [-0.3, -0.25) is 0 Å². The van der Waals surface area contributed by atoms with Crippen LogP contribution in [-0.2, 0) is 0 Å². The normalized spacial score (nSPS) is 16.1. The Labute approximate surface area is 96.2 Å². The van der Waals surface area contributed by atoms with Crippen LogP contribution in [0.15, 0.2) is 10.5 Å². The average Bonchev–Trinajstić information content (AvgIpc) is 2.73. The van der Waals surface area contributed by atoms with Crippen molar-refractivity contribution in [3.63, 3.8) is 0 Å². The standard InChI is InChI=1S/C11H12BrF2N/c1-7-10(13)8(12)6-9(11(7)14)15-4-2-3-5-15/h6H,2-5H2,1H3. The van der Waals surface area contributed by atoms with Gasteiger partial charge in [0.2, 0.25) is 0 Å². The van der Waals surface area contributed by atoms with Crippen LogP contribution in [0.5, 0.6) is 0 Å². The molecule has 0 unspecified atom stereocenters. The van der Waals surface area contributed by atoms with Crippen molar-refractivity contribution >= 4 is 21.6 Å². The second kappa shape index (κ2) is 4.08. The van der Waals surface area contributed by atoms with Gasteiger partial charge in [0.15, 0.2) is 5.82 Å². The summed E-state index contributed by atoms with van der Waals surface area (Å²) >= 11 is 3.11. The first-order valence-electron chi connectivity index (χ1n) is 5.00. The number of hydrogen-bond donors (Lipinski definition) is 0. The zero-order chi connectivity index (χ0) is 11.0. The minimum atomic E-state index is -0.504. The van der Waals surface area contributed by atoms with Crippen LogP contribution in [0, 0.1) is 18.6 Å². The van der Waals surface area contributed by atoms with E-state index < -0.39 is 11.6 Å². The Kier molecular flexibility index (Phi) is 2.96. The van der Waals surface area contributed by atoms with Crippen LogP contribution in [-0.4, -0.2) is 13.1 Å². The van der Waals surface area contributed by atoms with E-state index >= 15 is 0 Å². The van der Waals surface area contributed by atoms with Gasteiger partial charge < -0.3 is 4.90 Å². The topological polar surface area (TPSA) is 3.24 Å². The van der Waals surface area contributed by atoms with Crippen LogP contribution < -0.4 is 4.90 Å². The van der Waals surface area contributed by atoms with Crippen LogP contribution in [0.4, 0.5) is 14.5 Å². The molecule has 1 aromatic carbocycles. The van der Waals surface area contributed by atoms with Gasteiger partial charge in [-0.15, -0.1) is 0 Å². The fourth-order valence-electron chi connectivity index (χ4n) is 1.90. The molecular formula is C11H12BrF2N. The molecule has 1 saturated heterocycles. The van der Waals surface area contributed by atoms with Crippen LogP contribution >= 0.6 is 15.9 Å². The van der Waals surface area contributed by atoms with E-state index in [1.807, 2.05) is 4.90 Å². The number of rotatable bonds is 1. The summed E-state index contributed by atoms with van der Waals surface area (Å²) in [4.78, 5) is 1.96. The third-order valence-corrected chi connectivity index (χ3v) is 3.38. The van der Waals surface area contributed by atoms with E-state index in [9.17, 15) is 8.78 Å². The van der Waals surface area contributed by atoms with Gasteiger partial charge in [-0.25, -0.2) is 8.78 Å². The predicted molar refractivity (Wildman–Crippen MR) is 60.2 cm³/mol. The Morgan fingerprint density at radius 3 is 2.40 bits per heavy atom. The van der Waals surface area contributed by atoms with Crippen molar-refractivity contribution in [3.05, 3.63) is 27.7 Å². The molecule has 0 aromatic heterocycles. The zero-order valence-electron chi connectivity index (χ0n) is 8.49. The summed E-state index contributed by atoms with van der Waals surface area (Å²) in [5.41, 5.74) is 0.601. The van der Waals surface area contributed by atoms with Gasteiger partial charge in [-0.2, -0.15) is 0 Å². The van der Waals surface area contributed by atoms with E-state index in [0.717, 1.165) is 25.9 Å². The quantitative estimate of drug-likeness (QED) is 0.708. The smallest absolute Gasteiger partial charge is 0.152 e. The molecule has 1 nitrogen and oxygen atoms in total. The Hall–Kier alpha value is -0.640. The van der Waals surface area contributed by atoms with Crippen molar-refractivity contribution in [1.29, 1.82) is 0 Å². The Morgan fingerprint density at radius 2 is 1.80 bits per heavy atom. The molecule has 1 aliphatic rings. The van der Waals surface area contributed by atoms with Crippen LogP contribution in [0.1, 0.15) is 18.4 Å². The van der Waals surface area contributed by atoms with Crippen molar-refractivity contribution in [2.45, 2.75) is 19.8 Å². The van der Waals surface area contributed by atoms with Gasteiger partial charge >= 0.3 is 0 Å². The minimum absolute atomic E-state index is 0.0891. The number of hydrogen-bond acceptors (Lipinski definition) is 1. The number of anilines is 1. The van der Waals surface area contributed by atoms with Crippen LogP contribution in [0.25, 0.3) is 0 Å². The molecule has 0 N–H and O–H groups in total. The highest BCUT2D eigenvalue weighted by atomic mass is 79.9. The van der Waals surface area contributed by atoms with Gasteiger partial charge in [-0.1, -0.05) is 0 Å². The highest BCUT2D eigenvalue weighted by Gasteiger charge is 2.20. The highest BCUT2D eigenvalue weighted by Crippen LogP contribution is 2.31. The van der Waals surface area contributed by atoms with Gasteiger partial charge in [-0.05, 0) is 41.8 Å². The van der Waals surface area contributed by atoms with Crippen molar-refractivity contribution in [1.82, 2.24) is 0 Å². The lowest BCUT2D eigenvalue weighted by molar-refractivity contribution is 0.562. The number of halogens is 3. The highest BCUT2D eigenvalue weighted by molar-refractivity contribution is 9.10. The molecule has 4 heteroatoms. The molecule has 1 aromatic rings. The van der Waals surface area contributed by atoms with E-state index in [1.54, 1.807) is 0 Å². The number of nitrogens with zero attached hydrogens (tertiary/aromatic N) is 1. The maximum atomic E-state index is 13.8. The monoisotopic (exact) mass is 275 g/mol. The SMILES string of the molecule is Cc1c(F)c(Br)cc(N2CCCC2)c1F. The molecular weight excluding hydrogens is 264 g/mol. The zero-order valence-corrected chi connectivity index (χ0v) is 10.1. The molecule has 1 fully saturated rings. The van der Waals surface area contributed by atoms with E-state index in [-0.39, 0.29) is 5.56 Å². The third-order valence-electron chi connectivity index (χ3n) is 2.80. The predicted octanol–water partition coefficient (Wildman–Crippen LogP) is 3.64. The lowest BCUT2D eigenvalue weighted by Gasteiger charge is -2.20. The minimum Gasteiger partial charge on any atom is -0.369 e. The van der Waals surface area contributed by atoms with Crippen molar-refractivity contribution in [2.75, 3.05) is 18.0 Å². The maximum absolute atomic E-state index is 13.8.